The number of benzene rings is 8. The lowest BCUT2D eigenvalue weighted by molar-refractivity contribution is 0.672. The van der Waals surface area contributed by atoms with Gasteiger partial charge in [-0.05, 0) is 51.9 Å². The molecule has 0 aliphatic carbocycles. The molecule has 2 nitrogen and oxygen atoms in total. The molecule has 42 heavy (non-hydrogen) atoms. The Kier molecular flexibility index (Phi) is 4.93. The minimum absolute atomic E-state index is 0.914. The van der Waals surface area contributed by atoms with E-state index in [-0.39, 0.29) is 0 Å². The molecule has 9 aromatic rings. The lowest BCUT2D eigenvalue weighted by Crippen LogP contribution is -2.11. The maximum Gasteiger partial charge on any atom is 0.143 e. The topological polar surface area (TPSA) is 16.4 Å². The Labute approximate surface area is 242 Å². The molecule has 0 radical (unpaired) electrons. The van der Waals surface area contributed by atoms with Gasteiger partial charge in [0.1, 0.15) is 11.2 Å². The number of para-hydroxylation sites is 1. The van der Waals surface area contributed by atoms with Gasteiger partial charge in [0, 0.05) is 32.3 Å². The fourth-order valence-electron chi connectivity index (χ4n) is 6.73. The number of rotatable bonds is 3. The lowest BCUT2D eigenvalue weighted by Gasteiger charge is -2.29. The van der Waals surface area contributed by atoms with Gasteiger partial charge in [-0.3, -0.25) is 0 Å². The van der Waals surface area contributed by atoms with E-state index in [1.54, 1.807) is 0 Å². The van der Waals surface area contributed by atoms with Crippen molar-refractivity contribution >= 4 is 82.1 Å². The van der Waals surface area contributed by atoms with Gasteiger partial charge in [0.25, 0.3) is 0 Å². The molecule has 1 heterocycles. The maximum absolute atomic E-state index is 6.49. The summed E-state index contributed by atoms with van der Waals surface area (Å²) in [4.78, 5) is 2.45. The van der Waals surface area contributed by atoms with Crippen molar-refractivity contribution in [3.05, 3.63) is 152 Å². The third-order valence-electron chi connectivity index (χ3n) is 8.61. The van der Waals surface area contributed by atoms with Gasteiger partial charge in [-0.1, -0.05) is 121 Å². The highest BCUT2D eigenvalue weighted by atomic mass is 16.3. The zero-order valence-electron chi connectivity index (χ0n) is 22.8. The van der Waals surface area contributed by atoms with Crippen molar-refractivity contribution in [3.8, 4) is 0 Å². The van der Waals surface area contributed by atoms with Gasteiger partial charge in [-0.2, -0.15) is 0 Å². The van der Waals surface area contributed by atoms with Gasteiger partial charge < -0.3 is 9.32 Å². The minimum atomic E-state index is 0.914. The first kappa shape index (κ1) is 23.1. The van der Waals surface area contributed by atoms with Gasteiger partial charge in [-0.25, -0.2) is 0 Å². The van der Waals surface area contributed by atoms with Crippen molar-refractivity contribution in [2.24, 2.45) is 0 Å². The highest BCUT2D eigenvalue weighted by molar-refractivity contribution is 6.20. The van der Waals surface area contributed by atoms with Crippen molar-refractivity contribution < 1.29 is 4.42 Å². The van der Waals surface area contributed by atoms with Gasteiger partial charge in [0.2, 0.25) is 0 Å². The number of fused-ring (bicyclic) bond motifs is 9. The molecule has 0 fully saturated rings. The summed E-state index contributed by atoms with van der Waals surface area (Å²) < 4.78 is 6.49. The summed E-state index contributed by atoms with van der Waals surface area (Å²) in [5.41, 5.74) is 5.25. The van der Waals surface area contributed by atoms with Crippen LogP contribution in [-0.4, -0.2) is 0 Å². The Morgan fingerprint density at radius 1 is 0.333 bits per heavy atom. The molecule has 0 amide bonds. The highest BCUT2D eigenvalue weighted by Gasteiger charge is 2.22. The summed E-state index contributed by atoms with van der Waals surface area (Å²) in [5, 5.41) is 11.9. The molecule has 0 bridgehead atoms. The zero-order chi connectivity index (χ0) is 27.6. The van der Waals surface area contributed by atoms with Crippen LogP contribution in [0.1, 0.15) is 0 Å². The Morgan fingerprint density at radius 3 is 1.71 bits per heavy atom. The number of furan rings is 1. The highest BCUT2D eigenvalue weighted by Crippen LogP contribution is 2.47. The van der Waals surface area contributed by atoms with Crippen molar-refractivity contribution in [2.45, 2.75) is 0 Å². The molecule has 0 aliphatic heterocycles. The Hall–Kier alpha value is -5.60. The van der Waals surface area contributed by atoms with Crippen LogP contribution in [0.5, 0.6) is 0 Å². The maximum atomic E-state index is 6.49. The van der Waals surface area contributed by atoms with Crippen molar-refractivity contribution in [3.63, 3.8) is 0 Å². The molecular formula is C40H25NO. The average Bonchev–Trinajstić information content (AvgIpc) is 3.44. The van der Waals surface area contributed by atoms with Crippen molar-refractivity contribution in [2.75, 3.05) is 4.90 Å². The second-order valence-electron chi connectivity index (χ2n) is 10.9. The van der Waals surface area contributed by atoms with Crippen LogP contribution in [0, 0.1) is 0 Å². The van der Waals surface area contributed by atoms with E-state index in [2.05, 4.69) is 150 Å². The van der Waals surface area contributed by atoms with Crippen molar-refractivity contribution in [1.82, 2.24) is 0 Å². The van der Waals surface area contributed by atoms with Crippen molar-refractivity contribution in [1.29, 1.82) is 0 Å². The van der Waals surface area contributed by atoms with E-state index in [0.717, 1.165) is 49.8 Å². The molecule has 0 atom stereocenters. The largest absolute Gasteiger partial charge is 0.455 e. The van der Waals surface area contributed by atoms with E-state index in [1.165, 1.54) is 32.3 Å². The number of anilines is 3. The first-order chi connectivity index (χ1) is 20.8. The summed E-state index contributed by atoms with van der Waals surface area (Å²) in [5.74, 6) is 0. The molecule has 0 aliphatic rings. The van der Waals surface area contributed by atoms with Crippen LogP contribution in [0.3, 0.4) is 0 Å². The van der Waals surface area contributed by atoms with E-state index in [4.69, 9.17) is 4.42 Å². The predicted octanol–water partition coefficient (Wildman–Crippen LogP) is 11.7. The molecule has 0 spiro atoms. The van der Waals surface area contributed by atoms with Crippen LogP contribution < -0.4 is 4.90 Å². The van der Waals surface area contributed by atoms with Crippen LogP contribution in [-0.2, 0) is 0 Å². The fourth-order valence-corrected chi connectivity index (χ4v) is 6.73. The van der Waals surface area contributed by atoms with E-state index < -0.39 is 0 Å². The second kappa shape index (κ2) is 8.95. The molecule has 0 unspecified atom stereocenters. The van der Waals surface area contributed by atoms with Gasteiger partial charge >= 0.3 is 0 Å². The normalized spacial score (nSPS) is 11.8. The Balaban J connectivity index is 1.43. The molecule has 1 aromatic heterocycles. The molecule has 196 valence electrons. The van der Waals surface area contributed by atoms with Gasteiger partial charge in [-0.15, -0.1) is 0 Å². The van der Waals surface area contributed by atoms with E-state index >= 15 is 0 Å². The molecule has 2 heteroatoms. The second-order valence-corrected chi connectivity index (χ2v) is 10.9. The standard InChI is InChI=1S/C40H25NO/c1-4-15-29-26(11-1)13-9-20-36(29)41(38-25-27-12-2-3-14-28(27)30-16-5-6-17-31(30)38)37-21-10-19-34-32(37)23-24-35-33-18-7-8-22-39(33)42-40(34)35/h1-25H. The monoisotopic (exact) mass is 535 g/mol. The smallest absolute Gasteiger partial charge is 0.143 e. The Morgan fingerprint density at radius 2 is 0.857 bits per heavy atom. The van der Waals surface area contributed by atoms with E-state index in [9.17, 15) is 0 Å². The van der Waals surface area contributed by atoms with Crippen LogP contribution >= 0.6 is 0 Å². The number of hydrogen-bond acceptors (Lipinski definition) is 2. The van der Waals surface area contributed by atoms with Gasteiger partial charge in [0.15, 0.2) is 0 Å². The lowest BCUT2D eigenvalue weighted by atomic mass is 9.97. The third-order valence-corrected chi connectivity index (χ3v) is 8.61. The van der Waals surface area contributed by atoms with Crippen LogP contribution in [0.25, 0.3) is 65.0 Å². The summed E-state index contributed by atoms with van der Waals surface area (Å²) in [6.45, 7) is 0. The SMILES string of the molecule is c1ccc2c(N(c3cc4ccccc4c4ccccc34)c3cccc4c3ccc3c5ccccc5oc43)cccc2c1. The molecule has 0 saturated heterocycles. The zero-order valence-corrected chi connectivity index (χ0v) is 22.8. The summed E-state index contributed by atoms with van der Waals surface area (Å²) in [6.07, 6.45) is 0. The van der Waals surface area contributed by atoms with E-state index in [0.29, 0.717) is 0 Å². The molecule has 0 saturated carbocycles. The van der Waals surface area contributed by atoms with Crippen LogP contribution in [0.15, 0.2) is 156 Å². The molecular weight excluding hydrogens is 510 g/mol. The Bertz CT molecular complexity index is 2480. The summed E-state index contributed by atoms with van der Waals surface area (Å²) in [6, 6.07) is 54.4. The average molecular weight is 536 g/mol. The van der Waals surface area contributed by atoms with E-state index in [1.807, 2.05) is 6.07 Å². The first-order valence-electron chi connectivity index (χ1n) is 14.4. The summed E-state index contributed by atoms with van der Waals surface area (Å²) in [7, 11) is 0. The molecule has 8 aromatic carbocycles. The molecule has 0 N–H and O–H groups in total. The molecule has 9 rings (SSSR count). The van der Waals surface area contributed by atoms with Gasteiger partial charge in [0.05, 0.1) is 17.1 Å². The minimum Gasteiger partial charge on any atom is -0.455 e. The summed E-state index contributed by atoms with van der Waals surface area (Å²) >= 11 is 0. The third kappa shape index (κ3) is 3.33. The number of hydrogen-bond donors (Lipinski definition) is 0. The fraction of sp³-hybridized carbons (Fsp3) is 0. The predicted molar refractivity (Wildman–Crippen MR) is 178 cm³/mol. The first-order valence-corrected chi connectivity index (χ1v) is 14.4. The van der Waals surface area contributed by atoms with Crippen LogP contribution in [0.4, 0.5) is 17.1 Å². The quantitative estimate of drug-likeness (QED) is 0.209. The van der Waals surface area contributed by atoms with Crippen LogP contribution in [0.2, 0.25) is 0 Å². The number of nitrogens with zero attached hydrogens (tertiary/aromatic N) is 1.